The molecule has 5 rings (SSSR count). The molecule has 7 nitrogen and oxygen atoms in total. The summed E-state index contributed by atoms with van der Waals surface area (Å²) in [6.45, 7) is 2.65. The van der Waals surface area contributed by atoms with E-state index < -0.39 is 0 Å². The highest BCUT2D eigenvalue weighted by molar-refractivity contribution is 6.34. The Morgan fingerprint density at radius 2 is 2.10 bits per heavy atom. The molecule has 0 spiro atoms. The zero-order valence-corrected chi connectivity index (χ0v) is 16.8. The molecule has 8 heteroatoms. The first-order chi connectivity index (χ1) is 14.2. The van der Waals surface area contributed by atoms with Crippen molar-refractivity contribution < 1.29 is 0 Å². The van der Waals surface area contributed by atoms with E-state index in [4.69, 9.17) is 11.6 Å². The number of aromatic amines is 1. The number of pyridine rings is 2. The molecule has 0 atom stereocenters. The molecule has 1 aliphatic carbocycles. The van der Waals surface area contributed by atoms with Crippen molar-refractivity contribution in [2.24, 2.45) is 0 Å². The average molecular weight is 409 g/mol. The van der Waals surface area contributed by atoms with Gasteiger partial charge < -0.3 is 10.3 Å². The lowest BCUT2D eigenvalue weighted by molar-refractivity contribution is 0.516. The molecule has 0 aliphatic heterocycles. The standard InChI is InChI=1S/C21H21ClN6O/c1-2-23-21-26-17(22)16-10-15(13-9-12-7-8-24-18(12)25-11-13)20(29)28(19(16)27-21)14-5-3-4-6-14/h7-11,14H,2-6H2,1H3,(H,24,25)(H,23,26,27). The summed E-state index contributed by atoms with van der Waals surface area (Å²) in [7, 11) is 0. The quantitative estimate of drug-likeness (QED) is 0.484. The second-order valence-corrected chi connectivity index (χ2v) is 7.77. The zero-order chi connectivity index (χ0) is 20.0. The first-order valence-electron chi connectivity index (χ1n) is 9.96. The van der Waals surface area contributed by atoms with Gasteiger partial charge in [-0.3, -0.25) is 9.36 Å². The van der Waals surface area contributed by atoms with Crippen LogP contribution in [0.4, 0.5) is 5.95 Å². The summed E-state index contributed by atoms with van der Waals surface area (Å²) >= 11 is 6.54. The second kappa shape index (κ2) is 7.15. The van der Waals surface area contributed by atoms with E-state index in [-0.39, 0.29) is 11.6 Å². The van der Waals surface area contributed by atoms with Crippen LogP contribution in [-0.2, 0) is 0 Å². The number of nitrogens with zero attached hydrogens (tertiary/aromatic N) is 4. The molecular formula is C21H21ClN6O. The van der Waals surface area contributed by atoms with Crippen molar-refractivity contribution in [2.45, 2.75) is 38.6 Å². The Labute approximate surface area is 172 Å². The van der Waals surface area contributed by atoms with Crippen molar-refractivity contribution in [1.82, 2.24) is 24.5 Å². The Morgan fingerprint density at radius 1 is 1.28 bits per heavy atom. The Morgan fingerprint density at radius 3 is 2.90 bits per heavy atom. The van der Waals surface area contributed by atoms with Crippen molar-refractivity contribution >= 4 is 39.6 Å². The van der Waals surface area contributed by atoms with Gasteiger partial charge in [-0.25, -0.2) is 9.97 Å². The molecule has 0 unspecified atom stereocenters. The number of aromatic nitrogens is 5. The number of H-pyrrole nitrogens is 1. The number of fused-ring (bicyclic) bond motifs is 2. The smallest absolute Gasteiger partial charge is 0.260 e. The van der Waals surface area contributed by atoms with Gasteiger partial charge in [-0.05, 0) is 38.0 Å². The summed E-state index contributed by atoms with van der Waals surface area (Å²) in [6.07, 6.45) is 7.71. The molecular weight excluding hydrogens is 388 g/mol. The van der Waals surface area contributed by atoms with Gasteiger partial charge in [-0.2, -0.15) is 4.98 Å². The van der Waals surface area contributed by atoms with E-state index in [2.05, 4.69) is 25.3 Å². The maximum Gasteiger partial charge on any atom is 0.260 e. The van der Waals surface area contributed by atoms with E-state index in [9.17, 15) is 4.79 Å². The van der Waals surface area contributed by atoms with Gasteiger partial charge in [0.1, 0.15) is 16.4 Å². The van der Waals surface area contributed by atoms with Gasteiger partial charge in [0.2, 0.25) is 5.95 Å². The fraction of sp³-hybridized carbons (Fsp3) is 0.333. The number of rotatable bonds is 4. The second-order valence-electron chi connectivity index (χ2n) is 7.42. The zero-order valence-electron chi connectivity index (χ0n) is 16.1. The summed E-state index contributed by atoms with van der Waals surface area (Å²) in [6, 6.07) is 5.84. The van der Waals surface area contributed by atoms with Crippen molar-refractivity contribution in [3.8, 4) is 11.1 Å². The lowest BCUT2D eigenvalue weighted by Gasteiger charge is -2.19. The van der Waals surface area contributed by atoms with Crippen LogP contribution in [0.15, 0.2) is 35.4 Å². The van der Waals surface area contributed by atoms with Crippen molar-refractivity contribution in [2.75, 3.05) is 11.9 Å². The summed E-state index contributed by atoms with van der Waals surface area (Å²) in [4.78, 5) is 30.2. The highest BCUT2D eigenvalue weighted by Crippen LogP contribution is 2.34. The van der Waals surface area contributed by atoms with Crippen LogP contribution >= 0.6 is 11.6 Å². The Kier molecular flexibility index (Phi) is 4.47. The molecule has 148 valence electrons. The van der Waals surface area contributed by atoms with Crippen LogP contribution in [0.3, 0.4) is 0 Å². The fourth-order valence-corrected chi connectivity index (χ4v) is 4.42. The molecule has 1 aliphatic rings. The van der Waals surface area contributed by atoms with E-state index in [0.29, 0.717) is 34.2 Å². The monoisotopic (exact) mass is 408 g/mol. The summed E-state index contributed by atoms with van der Waals surface area (Å²) in [5.74, 6) is 0.444. The van der Waals surface area contributed by atoms with Gasteiger partial charge >= 0.3 is 0 Å². The minimum Gasteiger partial charge on any atom is -0.354 e. The Bertz CT molecular complexity index is 1270. The van der Waals surface area contributed by atoms with Gasteiger partial charge in [0.25, 0.3) is 5.56 Å². The van der Waals surface area contributed by atoms with Crippen LogP contribution in [0.25, 0.3) is 33.2 Å². The molecule has 4 aromatic rings. The van der Waals surface area contributed by atoms with Gasteiger partial charge in [0.15, 0.2) is 0 Å². The molecule has 4 heterocycles. The van der Waals surface area contributed by atoms with Crippen LogP contribution in [0.2, 0.25) is 5.15 Å². The summed E-state index contributed by atoms with van der Waals surface area (Å²) < 4.78 is 1.83. The molecule has 0 aromatic carbocycles. The maximum absolute atomic E-state index is 13.6. The lowest BCUT2D eigenvalue weighted by atomic mass is 10.1. The van der Waals surface area contributed by atoms with E-state index in [0.717, 1.165) is 42.3 Å². The number of halogens is 1. The number of nitrogens with one attached hydrogen (secondary N) is 2. The third-order valence-electron chi connectivity index (χ3n) is 5.58. The maximum atomic E-state index is 13.6. The van der Waals surface area contributed by atoms with Crippen LogP contribution in [-0.4, -0.2) is 31.0 Å². The SMILES string of the molecule is CCNc1nc(Cl)c2cc(-c3cnc4[nH]ccc4c3)c(=O)n(C3CCCC3)c2n1. The van der Waals surface area contributed by atoms with Gasteiger partial charge in [-0.15, -0.1) is 0 Å². The molecule has 0 saturated heterocycles. The van der Waals surface area contributed by atoms with E-state index in [1.54, 1.807) is 12.3 Å². The molecule has 0 bridgehead atoms. The summed E-state index contributed by atoms with van der Waals surface area (Å²) in [5.41, 5.74) is 2.67. The minimum atomic E-state index is -0.0571. The highest BCUT2D eigenvalue weighted by atomic mass is 35.5. The fourth-order valence-electron chi connectivity index (χ4n) is 4.20. The number of anilines is 1. The molecule has 1 fully saturated rings. The molecule has 1 saturated carbocycles. The van der Waals surface area contributed by atoms with E-state index in [1.807, 2.05) is 29.8 Å². The van der Waals surface area contributed by atoms with Crippen LogP contribution in [0.5, 0.6) is 0 Å². The Hall–Kier alpha value is -2.93. The van der Waals surface area contributed by atoms with Crippen LogP contribution in [0, 0.1) is 0 Å². The molecule has 0 amide bonds. The predicted octanol–water partition coefficient (Wildman–Crippen LogP) is 4.54. The third kappa shape index (κ3) is 3.06. The lowest BCUT2D eigenvalue weighted by Crippen LogP contribution is -2.26. The van der Waals surface area contributed by atoms with Crippen molar-refractivity contribution in [3.05, 3.63) is 46.1 Å². The number of hydrogen-bond donors (Lipinski definition) is 2. The topological polar surface area (TPSA) is 88.5 Å². The first kappa shape index (κ1) is 18.1. The van der Waals surface area contributed by atoms with Crippen molar-refractivity contribution in [3.63, 3.8) is 0 Å². The van der Waals surface area contributed by atoms with E-state index >= 15 is 0 Å². The van der Waals surface area contributed by atoms with Crippen LogP contribution < -0.4 is 10.9 Å². The van der Waals surface area contributed by atoms with Crippen molar-refractivity contribution in [1.29, 1.82) is 0 Å². The third-order valence-corrected chi connectivity index (χ3v) is 5.87. The Balaban J connectivity index is 1.80. The van der Waals surface area contributed by atoms with Gasteiger partial charge in [0.05, 0.1) is 5.39 Å². The highest BCUT2D eigenvalue weighted by Gasteiger charge is 2.24. The normalized spacial score (nSPS) is 14.8. The molecule has 4 aromatic heterocycles. The van der Waals surface area contributed by atoms with E-state index in [1.165, 1.54) is 0 Å². The van der Waals surface area contributed by atoms with Crippen LogP contribution in [0.1, 0.15) is 38.6 Å². The summed E-state index contributed by atoms with van der Waals surface area (Å²) in [5, 5.41) is 5.09. The first-order valence-corrected chi connectivity index (χ1v) is 10.3. The molecule has 29 heavy (non-hydrogen) atoms. The van der Waals surface area contributed by atoms with Gasteiger partial charge in [-0.1, -0.05) is 24.4 Å². The predicted molar refractivity (Wildman–Crippen MR) is 116 cm³/mol. The minimum absolute atomic E-state index is 0.0571. The van der Waals surface area contributed by atoms with Gasteiger partial charge in [0, 0.05) is 41.5 Å². The number of hydrogen-bond acceptors (Lipinski definition) is 5. The largest absolute Gasteiger partial charge is 0.354 e. The molecule has 2 N–H and O–H groups in total. The molecule has 0 radical (unpaired) electrons. The average Bonchev–Trinajstić information content (AvgIpc) is 3.39.